The first-order valence-corrected chi connectivity index (χ1v) is 7.35. The SMILES string of the molecule is Clc1ccc(-c2coc3cccc[n+]23)cc1.[O-][Cl+](O)(O)O. The van der Waals surface area contributed by atoms with E-state index in [1.165, 1.54) is 0 Å². The molecule has 8 heteroatoms. The van der Waals surface area contributed by atoms with Crippen LogP contribution in [0.15, 0.2) is 59.3 Å². The first-order valence-electron chi connectivity index (χ1n) is 5.64. The monoisotopic (exact) mass is 332 g/mol. The van der Waals surface area contributed by atoms with Crippen LogP contribution in [0.5, 0.6) is 0 Å². The number of benzene rings is 1. The van der Waals surface area contributed by atoms with E-state index in [0.717, 1.165) is 22.0 Å². The maximum atomic E-state index is 8.83. The molecule has 1 aromatic carbocycles. The zero-order chi connectivity index (χ0) is 15.5. The van der Waals surface area contributed by atoms with E-state index in [4.69, 9.17) is 34.7 Å². The molecule has 0 saturated heterocycles. The molecule has 0 radical (unpaired) electrons. The van der Waals surface area contributed by atoms with Gasteiger partial charge in [-0.2, -0.15) is 0 Å². The molecular weight excluding hydrogens is 321 g/mol. The Bertz CT molecular complexity index is 715. The predicted octanol–water partition coefficient (Wildman–Crippen LogP) is 0.479. The number of pyridine rings is 1. The number of hydrogen-bond donors (Lipinski definition) is 3. The number of nitrogens with zero attached hydrogens (tertiary/aromatic N) is 1. The summed E-state index contributed by atoms with van der Waals surface area (Å²) < 4.78 is 37.7. The molecule has 6 nitrogen and oxygen atoms in total. The first kappa shape index (κ1) is 15.7. The van der Waals surface area contributed by atoms with Crippen LogP contribution in [0.2, 0.25) is 5.02 Å². The third-order valence-corrected chi connectivity index (χ3v) is 2.77. The Balaban J connectivity index is 0.000000282. The van der Waals surface area contributed by atoms with E-state index in [2.05, 4.69) is 0 Å². The quantitative estimate of drug-likeness (QED) is 0.562. The van der Waals surface area contributed by atoms with Gasteiger partial charge in [0.05, 0.1) is 11.6 Å². The molecule has 0 amide bonds. The summed E-state index contributed by atoms with van der Waals surface area (Å²) in [6.45, 7) is 0. The molecule has 0 bridgehead atoms. The fourth-order valence-electron chi connectivity index (χ4n) is 1.72. The molecule has 3 rings (SSSR count). The van der Waals surface area contributed by atoms with Gasteiger partial charge < -0.3 is 4.42 Å². The van der Waals surface area contributed by atoms with Crippen LogP contribution in [0.3, 0.4) is 0 Å². The Morgan fingerprint density at radius 2 is 1.67 bits per heavy atom. The van der Waals surface area contributed by atoms with Crippen LogP contribution in [0.4, 0.5) is 0 Å². The van der Waals surface area contributed by atoms with Crippen LogP contribution >= 0.6 is 11.6 Å². The van der Waals surface area contributed by atoms with E-state index in [1.54, 1.807) is 6.26 Å². The molecule has 2 heterocycles. The van der Waals surface area contributed by atoms with E-state index < -0.39 is 10.2 Å². The molecule has 2 aromatic heterocycles. The van der Waals surface area contributed by atoms with E-state index in [1.807, 2.05) is 53.1 Å². The Labute approximate surface area is 126 Å². The third-order valence-electron chi connectivity index (χ3n) is 2.51. The fraction of sp³-hybridized carbons (Fsp3) is 0. The van der Waals surface area contributed by atoms with Gasteiger partial charge >= 0.3 is 34.6 Å². The van der Waals surface area contributed by atoms with Crippen LogP contribution in [0, 0.1) is 10.2 Å². The molecule has 0 saturated carbocycles. The van der Waals surface area contributed by atoms with Gasteiger partial charge in [0.2, 0.25) is 0 Å². The summed E-state index contributed by atoms with van der Waals surface area (Å²) in [6.07, 6.45) is 3.72. The summed E-state index contributed by atoms with van der Waals surface area (Å²) in [5.74, 6) is 0. The van der Waals surface area contributed by atoms with Crippen molar-refractivity contribution in [1.29, 1.82) is 0 Å². The van der Waals surface area contributed by atoms with Gasteiger partial charge in [0.15, 0.2) is 12.5 Å². The van der Waals surface area contributed by atoms with Crippen LogP contribution < -0.4 is 9.06 Å². The second-order valence-electron chi connectivity index (χ2n) is 3.97. The molecule has 0 atom stereocenters. The number of aromatic nitrogens is 1. The molecule has 0 spiro atoms. The second-order valence-corrected chi connectivity index (χ2v) is 5.27. The topological polar surface area (TPSA) is 101 Å². The molecule has 0 unspecified atom stereocenters. The van der Waals surface area contributed by atoms with Crippen LogP contribution in [-0.2, 0) is 0 Å². The zero-order valence-corrected chi connectivity index (χ0v) is 12.1. The van der Waals surface area contributed by atoms with Gasteiger partial charge in [0.1, 0.15) is 0 Å². The summed E-state index contributed by atoms with van der Waals surface area (Å²) in [6, 6.07) is 13.6. The van der Waals surface area contributed by atoms with Crippen molar-refractivity contribution in [3.05, 3.63) is 59.9 Å². The van der Waals surface area contributed by atoms with E-state index >= 15 is 0 Å². The van der Waals surface area contributed by atoms with E-state index in [-0.39, 0.29) is 0 Å². The summed E-state index contributed by atoms with van der Waals surface area (Å²) in [5, 5.41) is 0.738. The van der Waals surface area contributed by atoms with Crippen molar-refractivity contribution in [3.63, 3.8) is 0 Å². The maximum absolute atomic E-state index is 8.83. The Hall–Kier alpha value is -1.67. The average molecular weight is 333 g/mol. The van der Waals surface area contributed by atoms with Crippen LogP contribution in [-0.4, -0.2) is 14.0 Å². The normalized spacial score (nSPS) is 11.9. The van der Waals surface area contributed by atoms with Gasteiger partial charge in [-0.05, 0) is 30.3 Å². The molecule has 3 N–H and O–H groups in total. The van der Waals surface area contributed by atoms with Crippen molar-refractivity contribution < 1.29 is 37.7 Å². The van der Waals surface area contributed by atoms with Crippen molar-refractivity contribution in [2.45, 2.75) is 0 Å². The molecular formula is C13H12Cl2NO5+. The van der Waals surface area contributed by atoms with Gasteiger partial charge in [0, 0.05) is 11.1 Å². The summed E-state index contributed by atoms with van der Waals surface area (Å²) in [5.41, 5.74) is 2.93. The number of halogens is 2. The average Bonchev–Trinajstić information content (AvgIpc) is 2.82. The molecule has 0 aliphatic carbocycles. The second kappa shape index (κ2) is 6.40. The molecule has 0 aliphatic rings. The Kier molecular flexibility index (Phi) is 4.79. The summed E-state index contributed by atoms with van der Waals surface area (Å²) in [7, 11) is -4.19. The Morgan fingerprint density at radius 3 is 2.29 bits per heavy atom. The molecule has 21 heavy (non-hydrogen) atoms. The minimum atomic E-state index is -4.19. The van der Waals surface area contributed by atoms with Crippen LogP contribution in [0.1, 0.15) is 0 Å². The van der Waals surface area contributed by atoms with Gasteiger partial charge in [0.25, 0.3) is 5.69 Å². The number of oxazole rings is 1. The van der Waals surface area contributed by atoms with Gasteiger partial charge in [-0.25, -0.2) is 0 Å². The van der Waals surface area contributed by atoms with Crippen LogP contribution in [0.25, 0.3) is 17.0 Å². The Morgan fingerprint density at radius 1 is 1.05 bits per heavy atom. The van der Waals surface area contributed by atoms with Gasteiger partial charge in [-0.1, -0.05) is 11.6 Å². The zero-order valence-electron chi connectivity index (χ0n) is 10.6. The van der Waals surface area contributed by atoms with Crippen molar-refractivity contribution in [3.8, 4) is 11.3 Å². The molecule has 3 aromatic rings. The fourth-order valence-corrected chi connectivity index (χ4v) is 1.85. The minimum absolute atomic E-state index is 0.738. The van der Waals surface area contributed by atoms with Crippen molar-refractivity contribution >= 4 is 17.3 Å². The van der Waals surface area contributed by atoms with Gasteiger partial charge in [-0.15, -0.1) is 4.40 Å². The van der Waals surface area contributed by atoms with Crippen molar-refractivity contribution in [1.82, 2.24) is 0 Å². The predicted molar refractivity (Wildman–Crippen MR) is 69.0 cm³/mol. The number of hydrogen-bond acceptors (Lipinski definition) is 5. The first-order chi connectivity index (χ1) is 9.84. The van der Waals surface area contributed by atoms with Crippen molar-refractivity contribution in [2.24, 2.45) is 0 Å². The summed E-state index contributed by atoms with van der Waals surface area (Å²) >= 11 is 5.86. The number of fused-ring (bicyclic) bond motifs is 1. The number of rotatable bonds is 1. The van der Waals surface area contributed by atoms with E-state index in [0.29, 0.717) is 0 Å². The molecule has 0 aliphatic heterocycles. The standard InChI is InChI=1S/C13H9ClNO.ClH3O4/c14-11-6-4-10(5-7-11)12-9-16-13-3-1-2-8-15(12)13;2-1(3,4)5/h1-9H;2-4H/q+1;. The third kappa shape index (κ3) is 4.68. The van der Waals surface area contributed by atoms with E-state index in [9.17, 15) is 0 Å². The molecule has 0 fully saturated rings. The molecule has 112 valence electrons. The summed E-state index contributed by atoms with van der Waals surface area (Å²) in [4.78, 5) is 0. The van der Waals surface area contributed by atoms with Gasteiger partial charge in [-0.3, -0.25) is 0 Å². The van der Waals surface area contributed by atoms with Crippen molar-refractivity contribution in [2.75, 3.05) is 0 Å².